The first-order chi connectivity index (χ1) is 7.58. The van der Waals surface area contributed by atoms with Crippen LogP contribution in [-0.2, 0) is 0 Å². The van der Waals surface area contributed by atoms with Gasteiger partial charge in [-0.05, 0) is 13.8 Å². The molecule has 0 spiro atoms. The van der Waals surface area contributed by atoms with E-state index in [0.29, 0.717) is 17.7 Å². The molecule has 1 fully saturated rings. The second kappa shape index (κ2) is 4.51. The maximum Gasteiger partial charge on any atom is 0.202 e. The largest absolute Gasteiger partial charge is 0.351 e. The summed E-state index contributed by atoms with van der Waals surface area (Å²) in [6, 6.07) is 0.321. The molecule has 1 aliphatic rings. The standard InChI is InChI=1S/C10H14ClFN4/c1-6-5-16(4-3-13-6)10-8(12)9(11)14-7(2)15-10/h6,13H,3-5H2,1-2H3. The van der Waals surface area contributed by atoms with Gasteiger partial charge in [0.1, 0.15) is 5.82 Å². The van der Waals surface area contributed by atoms with E-state index in [2.05, 4.69) is 22.2 Å². The van der Waals surface area contributed by atoms with Crippen LogP contribution in [0.15, 0.2) is 0 Å². The summed E-state index contributed by atoms with van der Waals surface area (Å²) in [7, 11) is 0. The lowest BCUT2D eigenvalue weighted by Crippen LogP contribution is -2.49. The van der Waals surface area contributed by atoms with Gasteiger partial charge < -0.3 is 10.2 Å². The van der Waals surface area contributed by atoms with Crippen LogP contribution in [0, 0.1) is 12.7 Å². The molecule has 1 N–H and O–H groups in total. The fourth-order valence-electron chi connectivity index (χ4n) is 1.84. The minimum Gasteiger partial charge on any atom is -0.351 e. The highest BCUT2D eigenvalue weighted by Gasteiger charge is 2.22. The van der Waals surface area contributed by atoms with Gasteiger partial charge in [-0.1, -0.05) is 11.6 Å². The molecule has 0 aromatic carbocycles. The van der Waals surface area contributed by atoms with Gasteiger partial charge in [0.2, 0.25) is 5.82 Å². The summed E-state index contributed by atoms with van der Waals surface area (Å²) >= 11 is 5.71. The molecule has 2 heterocycles. The maximum atomic E-state index is 13.8. The Morgan fingerprint density at radius 3 is 2.94 bits per heavy atom. The molecule has 1 aromatic heterocycles. The molecule has 1 saturated heterocycles. The summed E-state index contributed by atoms with van der Waals surface area (Å²) in [6.07, 6.45) is 0. The Bertz CT molecular complexity index is 399. The molecule has 6 heteroatoms. The van der Waals surface area contributed by atoms with Crippen molar-refractivity contribution in [3.8, 4) is 0 Å². The smallest absolute Gasteiger partial charge is 0.202 e. The molecule has 1 atom stereocenters. The predicted molar refractivity (Wildman–Crippen MR) is 61.4 cm³/mol. The molecule has 1 aromatic rings. The third kappa shape index (κ3) is 2.25. The molecule has 4 nitrogen and oxygen atoms in total. The highest BCUT2D eigenvalue weighted by Crippen LogP contribution is 2.23. The van der Waals surface area contributed by atoms with Crippen molar-refractivity contribution in [3.05, 3.63) is 16.8 Å². The Balaban J connectivity index is 2.32. The van der Waals surface area contributed by atoms with Gasteiger partial charge in [-0.2, -0.15) is 4.39 Å². The summed E-state index contributed by atoms with van der Waals surface area (Å²) in [5, 5.41) is 3.19. The molecular formula is C10H14ClFN4. The van der Waals surface area contributed by atoms with Crippen LogP contribution in [0.5, 0.6) is 0 Å². The highest BCUT2D eigenvalue weighted by molar-refractivity contribution is 6.29. The number of piperazine rings is 1. The fraction of sp³-hybridized carbons (Fsp3) is 0.600. The molecule has 1 unspecified atom stereocenters. The van der Waals surface area contributed by atoms with Crippen LogP contribution < -0.4 is 10.2 Å². The molecule has 0 amide bonds. The van der Waals surface area contributed by atoms with Crippen LogP contribution in [0.4, 0.5) is 10.2 Å². The maximum absolute atomic E-state index is 13.8. The molecule has 88 valence electrons. The van der Waals surface area contributed by atoms with Gasteiger partial charge in [0.25, 0.3) is 0 Å². The Morgan fingerprint density at radius 2 is 2.25 bits per heavy atom. The number of hydrogen-bond acceptors (Lipinski definition) is 4. The minimum atomic E-state index is -0.527. The van der Waals surface area contributed by atoms with E-state index in [0.717, 1.165) is 19.6 Å². The summed E-state index contributed by atoms with van der Waals surface area (Å²) in [6.45, 7) is 6.04. The molecule has 0 aliphatic carbocycles. The number of nitrogens with one attached hydrogen (secondary N) is 1. The average molecular weight is 245 g/mol. The van der Waals surface area contributed by atoms with Crippen LogP contribution in [0.1, 0.15) is 12.7 Å². The fourth-order valence-corrected chi connectivity index (χ4v) is 2.05. The Kier molecular flexibility index (Phi) is 3.25. The van der Waals surface area contributed by atoms with Crippen molar-refractivity contribution in [1.82, 2.24) is 15.3 Å². The van der Waals surface area contributed by atoms with Gasteiger partial charge in [-0.3, -0.25) is 0 Å². The predicted octanol–water partition coefficient (Wildman–Crippen LogP) is 1.38. The molecule has 0 radical (unpaired) electrons. The molecular weight excluding hydrogens is 231 g/mol. The zero-order valence-corrected chi connectivity index (χ0v) is 10.1. The van der Waals surface area contributed by atoms with Gasteiger partial charge in [-0.25, -0.2) is 9.97 Å². The Labute approximate surface area is 98.8 Å². The van der Waals surface area contributed by atoms with Crippen LogP contribution in [0.3, 0.4) is 0 Å². The van der Waals surface area contributed by atoms with E-state index in [1.54, 1.807) is 6.92 Å². The van der Waals surface area contributed by atoms with Crippen molar-refractivity contribution >= 4 is 17.4 Å². The zero-order valence-electron chi connectivity index (χ0n) is 9.30. The average Bonchev–Trinajstić information content (AvgIpc) is 2.23. The number of halogens is 2. The van der Waals surface area contributed by atoms with Crippen molar-refractivity contribution in [2.24, 2.45) is 0 Å². The van der Waals surface area contributed by atoms with E-state index in [9.17, 15) is 4.39 Å². The number of anilines is 1. The van der Waals surface area contributed by atoms with E-state index in [1.165, 1.54) is 0 Å². The van der Waals surface area contributed by atoms with E-state index >= 15 is 0 Å². The lowest BCUT2D eigenvalue weighted by atomic mass is 10.2. The minimum absolute atomic E-state index is 0.103. The SMILES string of the molecule is Cc1nc(Cl)c(F)c(N2CCNC(C)C2)n1. The van der Waals surface area contributed by atoms with Gasteiger partial charge in [0.15, 0.2) is 11.0 Å². The van der Waals surface area contributed by atoms with Crippen LogP contribution in [0.25, 0.3) is 0 Å². The first-order valence-corrected chi connectivity index (χ1v) is 5.63. The number of aromatic nitrogens is 2. The number of aryl methyl sites for hydroxylation is 1. The van der Waals surface area contributed by atoms with E-state index < -0.39 is 5.82 Å². The summed E-state index contributed by atoms with van der Waals surface area (Å²) < 4.78 is 13.8. The summed E-state index contributed by atoms with van der Waals surface area (Å²) in [4.78, 5) is 9.80. The second-order valence-electron chi connectivity index (χ2n) is 4.00. The summed E-state index contributed by atoms with van der Waals surface area (Å²) in [5.41, 5.74) is 0. The van der Waals surface area contributed by atoms with Crippen molar-refractivity contribution in [2.75, 3.05) is 24.5 Å². The van der Waals surface area contributed by atoms with Crippen LogP contribution in [0.2, 0.25) is 5.15 Å². The molecule has 0 saturated carbocycles. The van der Waals surface area contributed by atoms with Gasteiger partial charge >= 0.3 is 0 Å². The lowest BCUT2D eigenvalue weighted by molar-refractivity contribution is 0.473. The molecule has 1 aliphatic heterocycles. The van der Waals surface area contributed by atoms with Crippen molar-refractivity contribution in [3.63, 3.8) is 0 Å². The Morgan fingerprint density at radius 1 is 1.50 bits per heavy atom. The van der Waals surface area contributed by atoms with Crippen molar-refractivity contribution in [2.45, 2.75) is 19.9 Å². The quantitative estimate of drug-likeness (QED) is 0.758. The Hall–Kier alpha value is -0.940. The van der Waals surface area contributed by atoms with Crippen LogP contribution in [-0.4, -0.2) is 35.6 Å². The third-order valence-electron chi connectivity index (χ3n) is 2.57. The number of rotatable bonds is 1. The van der Waals surface area contributed by atoms with E-state index in [-0.39, 0.29) is 5.15 Å². The van der Waals surface area contributed by atoms with E-state index in [1.807, 2.05) is 4.90 Å². The van der Waals surface area contributed by atoms with Gasteiger partial charge in [0, 0.05) is 25.7 Å². The first-order valence-electron chi connectivity index (χ1n) is 5.26. The molecule has 2 rings (SSSR count). The highest BCUT2D eigenvalue weighted by atomic mass is 35.5. The topological polar surface area (TPSA) is 41.1 Å². The molecule has 16 heavy (non-hydrogen) atoms. The van der Waals surface area contributed by atoms with E-state index in [4.69, 9.17) is 11.6 Å². The molecule has 0 bridgehead atoms. The zero-order chi connectivity index (χ0) is 11.7. The van der Waals surface area contributed by atoms with Gasteiger partial charge in [0.05, 0.1) is 0 Å². The van der Waals surface area contributed by atoms with Gasteiger partial charge in [-0.15, -0.1) is 0 Å². The lowest BCUT2D eigenvalue weighted by Gasteiger charge is -2.32. The third-order valence-corrected chi connectivity index (χ3v) is 2.82. The first kappa shape index (κ1) is 11.5. The normalized spacial score (nSPS) is 21.2. The van der Waals surface area contributed by atoms with Crippen LogP contribution >= 0.6 is 11.6 Å². The van der Waals surface area contributed by atoms with Crippen molar-refractivity contribution in [1.29, 1.82) is 0 Å². The number of hydrogen-bond donors (Lipinski definition) is 1. The van der Waals surface area contributed by atoms with Crippen molar-refractivity contribution < 1.29 is 4.39 Å². The second-order valence-corrected chi connectivity index (χ2v) is 4.36. The number of nitrogens with zero attached hydrogens (tertiary/aromatic N) is 3. The monoisotopic (exact) mass is 244 g/mol. The summed E-state index contributed by atoms with van der Waals surface area (Å²) in [5.74, 6) is 0.278.